The monoisotopic (exact) mass is 331 g/mol. The molecular weight excluding hydrogens is 314 g/mol. The second-order valence-corrected chi connectivity index (χ2v) is 5.76. The number of aryl methyl sites for hydroxylation is 1. The Kier molecular flexibility index (Phi) is 4.96. The lowest BCUT2D eigenvalue weighted by molar-refractivity contribution is 0.0967. The lowest BCUT2D eigenvalue weighted by Crippen LogP contribution is -2.28. The molecule has 0 aliphatic rings. The molecule has 2 rings (SSSR count). The van der Waals surface area contributed by atoms with Crippen LogP contribution in [-0.2, 0) is 0 Å². The van der Waals surface area contributed by atoms with E-state index >= 15 is 0 Å². The third-order valence-electron chi connectivity index (χ3n) is 3.21. The molecule has 1 atom stereocenters. The van der Waals surface area contributed by atoms with E-state index in [1.54, 1.807) is 0 Å². The molecule has 0 aliphatic carbocycles. The maximum atomic E-state index is 12.5. The third kappa shape index (κ3) is 3.70. The molecule has 0 aromatic heterocycles. The zero-order valence-corrected chi connectivity index (χ0v) is 13.3. The van der Waals surface area contributed by atoms with Gasteiger partial charge in [0.1, 0.15) is 0 Å². The van der Waals surface area contributed by atoms with Crippen LogP contribution in [0.4, 0.5) is 5.69 Å². The molecule has 0 fully saturated rings. The normalized spacial score (nSPS) is 11.9. The number of hydrogen-bond donors (Lipinski definition) is 1. The average molecular weight is 332 g/mol. The van der Waals surface area contributed by atoms with E-state index < -0.39 is 0 Å². The Labute approximate surface area is 128 Å². The van der Waals surface area contributed by atoms with E-state index in [0.717, 1.165) is 27.7 Å². The van der Waals surface area contributed by atoms with Gasteiger partial charge in [0, 0.05) is 15.7 Å². The first-order valence-corrected chi connectivity index (χ1v) is 7.52. The fourth-order valence-electron chi connectivity index (χ4n) is 2.10. The van der Waals surface area contributed by atoms with Crippen LogP contribution in [0.1, 0.15) is 29.3 Å². The van der Waals surface area contributed by atoms with Crippen molar-refractivity contribution in [2.75, 3.05) is 5.32 Å². The second-order valence-electron chi connectivity index (χ2n) is 4.85. The Balaban J connectivity index is 2.15. The highest BCUT2D eigenvalue weighted by molar-refractivity contribution is 9.10. The largest absolute Gasteiger partial charge is 0.375 e. The van der Waals surface area contributed by atoms with Gasteiger partial charge in [-0.25, -0.2) is 0 Å². The summed E-state index contributed by atoms with van der Waals surface area (Å²) in [6.45, 7) is 4.02. The van der Waals surface area contributed by atoms with Crippen LogP contribution in [0.5, 0.6) is 0 Å². The summed E-state index contributed by atoms with van der Waals surface area (Å²) < 4.78 is 1.03. The van der Waals surface area contributed by atoms with Crippen LogP contribution in [0.15, 0.2) is 53.0 Å². The predicted molar refractivity (Wildman–Crippen MR) is 87.4 cm³/mol. The zero-order chi connectivity index (χ0) is 14.5. The second kappa shape index (κ2) is 6.71. The van der Waals surface area contributed by atoms with E-state index in [1.807, 2.05) is 62.4 Å². The smallest absolute Gasteiger partial charge is 0.184 e. The number of carbonyl (C=O) groups is 1. The minimum atomic E-state index is -0.196. The lowest BCUT2D eigenvalue weighted by atomic mass is 10.0. The van der Waals surface area contributed by atoms with Crippen molar-refractivity contribution in [3.8, 4) is 0 Å². The Morgan fingerprint density at radius 3 is 2.50 bits per heavy atom. The van der Waals surface area contributed by atoms with Crippen LogP contribution < -0.4 is 5.32 Å². The summed E-state index contributed by atoms with van der Waals surface area (Å²) in [6.07, 6.45) is 0.753. The summed E-state index contributed by atoms with van der Waals surface area (Å²) >= 11 is 3.41. The van der Waals surface area contributed by atoms with Gasteiger partial charge >= 0.3 is 0 Å². The van der Waals surface area contributed by atoms with Crippen molar-refractivity contribution < 1.29 is 4.79 Å². The van der Waals surface area contributed by atoms with Crippen LogP contribution in [0.3, 0.4) is 0 Å². The number of rotatable bonds is 5. The van der Waals surface area contributed by atoms with Crippen molar-refractivity contribution in [2.24, 2.45) is 0 Å². The van der Waals surface area contributed by atoms with Crippen molar-refractivity contribution >= 4 is 27.4 Å². The van der Waals surface area contributed by atoms with Crippen LogP contribution in [-0.4, -0.2) is 11.8 Å². The molecule has 1 unspecified atom stereocenters. The van der Waals surface area contributed by atoms with Crippen molar-refractivity contribution in [1.29, 1.82) is 0 Å². The fourth-order valence-corrected chi connectivity index (χ4v) is 2.36. The molecule has 0 radical (unpaired) electrons. The zero-order valence-electron chi connectivity index (χ0n) is 11.7. The summed E-state index contributed by atoms with van der Waals surface area (Å²) in [5.41, 5.74) is 2.83. The maximum absolute atomic E-state index is 12.5. The van der Waals surface area contributed by atoms with Crippen molar-refractivity contribution in [1.82, 2.24) is 0 Å². The van der Waals surface area contributed by atoms with E-state index in [9.17, 15) is 4.79 Å². The highest BCUT2D eigenvalue weighted by atomic mass is 79.9. The summed E-state index contributed by atoms with van der Waals surface area (Å²) in [4.78, 5) is 12.5. The first-order chi connectivity index (χ1) is 9.60. The lowest BCUT2D eigenvalue weighted by Gasteiger charge is -2.17. The van der Waals surface area contributed by atoms with Crippen LogP contribution in [0, 0.1) is 6.92 Å². The standard InChI is InChI=1S/C17H18BrNO/c1-3-16(19-15-9-7-14(18)8-10-15)17(20)13-6-4-5-12(2)11-13/h4-11,16,19H,3H2,1-2H3. The number of nitrogens with one attached hydrogen (secondary N) is 1. The average Bonchev–Trinajstić information content (AvgIpc) is 2.46. The van der Waals surface area contributed by atoms with Crippen LogP contribution in [0.2, 0.25) is 0 Å². The van der Waals surface area contributed by atoms with Gasteiger partial charge < -0.3 is 5.32 Å². The summed E-state index contributed by atoms with van der Waals surface area (Å²) in [5.74, 6) is 0.138. The molecule has 2 aromatic rings. The van der Waals surface area contributed by atoms with Crippen molar-refractivity contribution in [3.63, 3.8) is 0 Å². The Morgan fingerprint density at radius 1 is 1.20 bits per heavy atom. The molecule has 0 amide bonds. The highest BCUT2D eigenvalue weighted by Gasteiger charge is 2.18. The SMILES string of the molecule is CCC(Nc1ccc(Br)cc1)C(=O)c1cccc(C)c1. The highest BCUT2D eigenvalue weighted by Crippen LogP contribution is 2.17. The van der Waals surface area contributed by atoms with Gasteiger partial charge in [0.25, 0.3) is 0 Å². The molecule has 104 valence electrons. The van der Waals surface area contributed by atoms with Crippen molar-refractivity contribution in [3.05, 3.63) is 64.1 Å². The Morgan fingerprint density at radius 2 is 1.90 bits per heavy atom. The van der Waals surface area contributed by atoms with Crippen LogP contribution in [0.25, 0.3) is 0 Å². The Bertz CT molecular complexity index is 592. The van der Waals surface area contributed by atoms with Gasteiger partial charge in [0.2, 0.25) is 0 Å². The molecular formula is C17H18BrNO. The molecule has 2 aromatic carbocycles. The van der Waals surface area contributed by atoms with E-state index in [4.69, 9.17) is 0 Å². The number of Topliss-reactive ketones (excluding diaryl/α,β-unsaturated/α-hetero) is 1. The number of carbonyl (C=O) groups excluding carboxylic acids is 1. The quantitative estimate of drug-likeness (QED) is 0.795. The van der Waals surface area contributed by atoms with Gasteiger partial charge in [0.15, 0.2) is 5.78 Å². The number of benzene rings is 2. The third-order valence-corrected chi connectivity index (χ3v) is 3.74. The van der Waals surface area contributed by atoms with Crippen molar-refractivity contribution in [2.45, 2.75) is 26.3 Å². The van der Waals surface area contributed by atoms with E-state index in [0.29, 0.717) is 0 Å². The van der Waals surface area contributed by atoms with Gasteiger partial charge in [-0.15, -0.1) is 0 Å². The molecule has 0 saturated carbocycles. The number of ketones is 1. The number of halogens is 1. The summed E-state index contributed by atoms with van der Waals surface area (Å²) in [6, 6.07) is 15.4. The van der Waals surface area contributed by atoms with Gasteiger partial charge in [-0.3, -0.25) is 4.79 Å². The van der Waals surface area contributed by atoms with E-state index in [-0.39, 0.29) is 11.8 Å². The van der Waals surface area contributed by atoms with Gasteiger partial charge in [-0.05, 0) is 43.7 Å². The topological polar surface area (TPSA) is 29.1 Å². The fraction of sp³-hybridized carbons (Fsp3) is 0.235. The number of hydrogen-bond acceptors (Lipinski definition) is 2. The van der Waals surface area contributed by atoms with Crippen LogP contribution >= 0.6 is 15.9 Å². The molecule has 0 saturated heterocycles. The van der Waals surface area contributed by atoms with Gasteiger partial charge in [0.05, 0.1) is 6.04 Å². The first kappa shape index (κ1) is 14.8. The molecule has 20 heavy (non-hydrogen) atoms. The maximum Gasteiger partial charge on any atom is 0.184 e. The molecule has 0 bridgehead atoms. The molecule has 0 heterocycles. The predicted octanol–water partition coefficient (Wildman–Crippen LogP) is 4.83. The molecule has 0 aliphatic heterocycles. The minimum absolute atomic E-state index is 0.138. The molecule has 0 spiro atoms. The Hall–Kier alpha value is -1.61. The van der Waals surface area contributed by atoms with Gasteiger partial charge in [-0.2, -0.15) is 0 Å². The van der Waals surface area contributed by atoms with Gasteiger partial charge in [-0.1, -0.05) is 46.6 Å². The van der Waals surface area contributed by atoms with E-state index in [1.165, 1.54) is 0 Å². The summed E-state index contributed by atoms with van der Waals surface area (Å²) in [5, 5.41) is 3.30. The summed E-state index contributed by atoms with van der Waals surface area (Å²) in [7, 11) is 0. The number of anilines is 1. The first-order valence-electron chi connectivity index (χ1n) is 6.73. The molecule has 1 N–H and O–H groups in total. The van der Waals surface area contributed by atoms with E-state index in [2.05, 4.69) is 21.2 Å². The molecule has 2 nitrogen and oxygen atoms in total. The molecule has 3 heteroatoms. The minimum Gasteiger partial charge on any atom is -0.375 e.